The summed E-state index contributed by atoms with van der Waals surface area (Å²) < 4.78 is 0. The molecule has 0 saturated heterocycles. The van der Waals surface area contributed by atoms with Gasteiger partial charge in [-0.05, 0) is 31.4 Å². The summed E-state index contributed by atoms with van der Waals surface area (Å²) in [5.41, 5.74) is 7.36. The smallest absolute Gasteiger partial charge is 0.0282 e. The van der Waals surface area contributed by atoms with E-state index in [-0.39, 0.29) is 5.54 Å². The van der Waals surface area contributed by atoms with E-state index in [4.69, 9.17) is 5.73 Å². The molecule has 0 spiro atoms. The normalized spacial score (nSPS) is 18.8. The highest BCUT2D eigenvalue weighted by Crippen LogP contribution is 2.30. The van der Waals surface area contributed by atoms with Crippen molar-refractivity contribution in [3.63, 3.8) is 0 Å². The maximum atomic E-state index is 5.94. The fraction of sp³-hybridized carbons (Fsp3) is 0.600. The van der Waals surface area contributed by atoms with Crippen LogP contribution in [0.3, 0.4) is 0 Å². The maximum Gasteiger partial charge on any atom is 0.0282 e. The number of nitrogens with one attached hydrogen (secondary N) is 2. The summed E-state index contributed by atoms with van der Waals surface area (Å²) in [7, 11) is 0. The van der Waals surface area contributed by atoms with Crippen molar-refractivity contribution in [1.29, 1.82) is 0 Å². The van der Waals surface area contributed by atoms with Crippen molar-refractivity contribution in [3.05, 3.63) is 24.0 Å². The first kappa shape index (κ1) is 8.78. The third-order valence-corrected chi connectivity index (χ3v) is 2.60. The molecule has 0 aliphatic heterocycles. The first-order valence-corrected chi connectivity index (χ1v) is 4.90. The maximum absolute atomic E-state index is 5.94. The summed E-state index contributed by atoms with van der Waals surface area (Å²) in [6.45, 7) is 1.98. The summed E-state index contributed by atoms with van der Waals surface area (Å²) in [6, 6.07) is 4.14. The van der Waals surface area contributed by atoms with Gasteiger partial charge in [-0.2, -0.15) is 0 Å². The summed E-state index contributed by atoms with van der Waals surface area (Å²) in [4.78, 5) is 3.18. The predicted molar refractivity (Wildman–Crippen MR) is 53.5 cm³/mol. The van der Waals surface area contributed by atoms with Gasteiger partial charge in [-0.15, -0.1) is 0 Å². The van der Waals surface area contributed by atoms with E-state index in [2.05, 4.69) is 16.4 Å². The molecule has 0 unspecified atom stereocenters. The Labute approximate surface area is 78.7 Å². The first-order valence-electron chi connectivity index (χ1n) is 4.90. The van der Waals surface area contributed by atoms with Gasteiger partial charge >= 0.3 is 0 Å². The monoisotopic (exact) mass is 179 g/mol. The van der Waals surface area contributed by atoms with Crippen molar-refractivity contribution < 1.29 is 0 Å². The number of aromatic nitrogens is 1. The van der Waals surface area contributed by atoms with Gasteiger partial charge in [0, 0.05) is 30.5 Å². The third-order valence-electron chi connectivity index (χ3n) is 2.60. The molecule has 1 heterocycles. The minimum Gasteiger partial charge on any atom is -0.365 e. The molecule has 4 N–H and O–H groups in total. The molecule has 3 nitrogen and oxygen atoms in total. The zero-order valence-electron chi connectivity index (χ0n) is 7.84. The van der Waals surface area contributed by atoms with E-state index in [1.807, 2.05) is 12.3 Å². The number of rotatable bonds is 5. The van der Waals surface area contributed by atoms with Gasteiger partial charge in [0.1, 0.15) is 0 Å². The van der Waals surface area contributed by atoms with Crippen LogP contribution in [0.25, 0.3) is 0 Å². The van der Waals surface area contributed by atoms with Gasteiger partial charge in [0.15, 0.2) is 0 Å². The highest BCUT2D eigenvalue weighted by molar-refractivity contribution is 5.04. The number of hydrogen-bond donors (Lipinski definition) is 3. The first-order chi connectivity index (χ1) is 6.29. The Morgan fingerprint density at radius 1 is 1.54 bits per heavy atom. The van der Waals surface area contributed by atoms with Gasteiger partial charge in [0.2, 0.25) is 0 Å². The van der Waals surface area contributed by atoms with Crippen molar-refractivity contribution in [1.82, 2.24) is 10.3 Å². The van der Waals surface area contributed by atoms with E-state index in [1.165, 1.54) is 18.5 Å². The fourth-order valence-corrected chi connectivity index (χ4v) is 1.42. The number of aromatic amines is 1. The lowest BCUT2D eigenvalue weighted by Crippen LogP contribution is -2.36. The molecule has 0 aromatic carbocycles. The van der Waals surface area contributed by atoms with Gasteiger partial charge in [0.25, 0.3) is 0 Å². The topological polar surface area (TPSA) is 53.8 Å². The second kappa shape index (κ2) is 3.52. The molecule has 0 amide bonds. The quantitative estimate of drug-likeness (QED) is 0.581. The van der Waals surface area contributed by atoms with Crippen LogP contribution in [-0.4, -0.2) is 23.6 Å². The zero-order chi connectivity index (χ0) is 9.15. The van der Waals surface area contributed by atoms with Gasteiger partial charge in [-0.1, -0.05) is 0 Å². The Kier molecular flexibility index (Phi) is 2.38. The zero-order valence-corrected chi connectivity index (χ0v) is 7.84. The molecule has 1 aromatic heterocycles. The summed E-state index contributed by atoms with van der Waals surface area (Å²) in [5, 5.41) is 3.38. The third kappa shape index (κ3) is 2.57. The molecule has 0 bridgehead atoms. The van der Waals surface area contributed by atoms with Crippen LogP contribution in [0.1, 0.15) is 18.5 Å². The van der Waals surface area contributed by atoms with Crippen LogP contribution in [0.2, 0.25) is 0 Å². The molecule has 1 aliphatic carbocycles. The van der Waals surface area contributed by atoms with Crippen molar-refractivity contribution >= 4 is 0 Å². The minimum absolute atomic E-state index is 0.135. The Balaban J connectivity index is 1.59. The summed E-state index contributed by atoms with van der Waals surface area (Å²) in [6.07, 6.45) is 5.38. The lowest BCUT2D eigenvalue weighted by molar-refractivity contribution is 0.569. The molecule has 1 fully saturated rings. The highest BCUT2D eigenvalue weighted by Gasteiger charge is 2.37. The molecule has 0 radical (unpaired) electrons. The second-order valence-electron chi connectivity index (χ2n) is 3.98. The van der Waals surface area contributed by atoms with Crippen molar-refractivity contribution in [3.8, 4) is 0 Å². The van der Waals surface area contributed by atoms with Crippen LogP contribution in [0.15, 0.2) is 18.3 Å². The lowest BCUT2D eigenvalue weighted by Gasteiger charge is -2.09. The van der Waals surface area contributed by atoms with E-state index >= 15 is 0 Å². The lowest BCUT2D eigenvalue weighted by atomic mass is 10.2. The second-order valence-corrected chi connectivity index (χ2v) is 3.98. The SMILES string of the molecule is NC1(CNCCc2ccc[nH]2)CC1. The van der Waals surface area contributed by atoms with Crippen LogP contribution >= 0.6 is 0 Å². The minimum atomic E-state index is 0.135. The Bertz CT molecular complexity index is 249. The highest BCUT2D eigenvalue weighted by atomic mass is 15.0. The summed E-state index contributed by atoms with van der Waals surface area (Å²) >= 11 is 0. The molecule has 2 rings (SSSR count). The average Bonchev–Trinajstić information content (AvgIpc) is 2.69. The van der Waals surface area contributed by atoms with Crippen LogP contribution in [-0.2, 0) is 6.42 Å². The van der Waals surface area contributed by atoms with Gasteiger partial charge < -0.3 is 16.0 Å². The molecule has 13 heavy (non-hydrogen) atoms. The molecular formula is C10H17N3. The van der Waals surface area contributed by atoms with Gasteiger partial charge in [0.05, 0.1) is 0 Å². The molecule has 3 heteroatoms. The van der Waals surface area contributed by atoms with Gasteiger partial charge in [-0.3, -0.25) is 0 Å². The molecule has 0 atom stereocenters. The van der Waals surface area contributed by atoms with Crippen LogP contribution in [0, 0.1) is 0 Å². The number of H-pyrrole nitrogens is 1. The van der Waals surface area contributed by atoms with E-state index in [0.29, 0.717) is 0 Å². The number of hydrogen-bond acceptors (Lipinski definition) is 2. The van der Waals surface area contributed by atoms with Crippen molar-refractivity contribution in [2.24, 2.45) is 5.73 Å². The summed E-state index contributed by atoms with van der Waals surface area (Å²) in [5.74, 6) is 0. The largest absolute Gasteiger partial charge is 0.365 e. The van der Waals surface area contributed by atoms with E-state index < -0.39 is 0 Å². The van der Waals surface area contributed by atoms with Crippen molar-refractivity contribution in [2.75, 3.05) is 13.1 Å². The predicted octanol–water partition coefficient (Wildman–Crippen LogP) is 0.638. The van der Waals surface area contributed by atoms with E-state index in [1.54, 1.807) is 0 Å². The van der Waals surface area contributed by atoms with Crippen LogP contribution < -0.4 is 11.1 Å². The molecule has 72 valence electrons. The Morgan fingerprint density at radius 3 is 3.00 bits per heavy atom. The molecular weight excluding hydrogens is 162 g/mol. The van der Waals surface area contributed by atoms with E-state index in [0.717, 1.165) is 19.5 Å². The Hall–Kier alpha value is -0.800. The number of nitrogens with two attached hydrogens (primary N) is 1. The van der Waals surface area contributed by atoms with Crippen LogP contribution in [0.5, 0.6) is 0 Å². The average molecular weight is 179 g/mol. The standard InChI is InChI=1S/C10H17N3/c11-10(4-5-10)8-12-7-3-9-2-1-6-13-9/h1-2,6,12-13H,3-5,7-8,11H2. The molecule has 1 aliphatic rings. The van der Waals surface area contributed by atoms with Crippen LogP contribution in [0.4, 0.5) is 0 Å². The van der Waals surface area contributed by atoms with E-state index in [9.17, 15) is 0 Å². The Morgan fingerprint density at radius 2 is 2.38 bits per heavy atom. The van der Waals surface area contributed by atoms with Crippen molar-refractivity contribution in [2.45, 2.75) is 24.8 Å². The molecule has 1 saturated carbocycles. The van der Waals surface area contributed by atoms with Gasteiger partial charge in [-0.25, -0.2) is 0 Å². The fourth-order valence-electron chi connectivity index (χ4n) is 1.42. The molecule has 1 aromatic rings.